The number of thiophene rings is 1. The molecule has 106 valence electrons. The summed E-state index contributed by atoms with van der Waals surface area (Å²) in [5, 5.41) is 17.7. The van der Waals surface area contributed by atoms with E-state index in [-0.39, 0.29) is 5.00 Å². The highest BCUT2D eigenvalue weighted by atomic mass is 32.1. The van der Waals surface area contributed by atoms with Crippen molar-refractivity contribution < 1.29 is 14.5 Å². The lowest BCUT2D eigenvalue weighted by molar-refractivity contribution is -0.380. The van der Waals surface area contributed by atoms with Crippen LogP contribution in [0.2, 0.25) is 0 Å². The highest BCUT2D eigenvalue weighted by Gasteiger charge is 2.26. The third-order valence-corrected chi connectivity index (χ3v) is 3.98. The van der Waals surface area contributed by atoms with Crippen LogP contribution >= 0.6 is 11.3 Å². The molecule has 2 aromatic rings. The zero-order chi connectivity index (χ0) is 15.0. The lowest BCUT2D eigenvalue weighted by Gasteiger charge is -2.05. The van der Waals surface area contributed by atoms with Crippen molar-refractivity contribution in [3.05, 3.63) is 56.5 Å². The Morgan fingerprint density at radius 3 is 2.67 bits per heavy atom. The Hall–Kier alpha value is -2.74. The Balaban J connectivity index is 1.74. The van der Waals surface area contributed by atoms with Crippen molar-refractivity contribution in [1.82, 2.24) is 5.32 Å². The molecule has 0 bridgehead atoms. The number of carbonyl (C=O) groups is 2. The monoisotopic (exact) mass is 303 g/mol. The first-order chi connectivity index (χ1) is 10.0. The van der Waals surface area contributed by atoms with Gasteiger partial charge in [0, 0.05) is 23.7 Å². The van der Waals surface area contributed by atoms with Gasteiger partial charge < -0.3 is 5.32 Å². The molecule has 0 atom stereocenters. The van der Waals surface area contributed by atoms with Gasteiger partial charge in [0.25, 0.3) is 11.8 Å². The van der Waals surface area contributed by atoms with Gasteiger partial charge in [0.2, 0.25) is 0 Å². The fourth-order valence-corrected chi connectivity index (χ4v) is 2.76. The second kappa shape index (κ2) is 4.98. The van der Waals surface area contributed by atoms with Crippen LogP contribution in [0.5, 0.6) is 0 Å². The van der Waals surface area contributed by atoms with Crippen LogP contribution < -0.4 is 10.6 Å². The molecule has 1 aliphatic heterocycles. The van der Waals surface area contributed by atoms with E-state index in [2.05, 4.69) is 10.6 Å². The number of rotatable bonds is 4. The van der Waals surface area contributed by atoms with E-state index in [4.69, 9.17) is 0 Å². The maximum atomic E-state index is 11.5. The average molecular weight is 303 g/mol. The third kappa shape index (κ3) is 2.48. The van der Waals surface area contributed by atoms with E-state index in [9.17, 15) is 19.7 Å². The molecule has 0 unspecified atom stereocenters. The fraction of sp³-hybridized carbons (Fsp3) is 0.0769. The van der Waals surface area contributed by atoms with E-state index < -0.39 is 16.7 Å². The minimum Gasteiger partial charge on any atom is -0.381 e. The molecule has 2 amide bonds. The molecule has 21 heavy (non-hydrogen) atoms. The van der Waals surface area contributed by atoms with E-state index >= 15 is 0 Å². The summed E-state index contributed by atoms with van der Waals surface area (Å²) in [4.78, 5) is 33.1. The van der Waals surface area contributed by atoms with Gasteiger partial charge in [0.1, 0.15) is 0 Å². The van der Waals surface area contributed by atoms with E-state index in [1.807, 2.05) is 0 Å². The largest absolute Gasteiger partial charge is 0.381 e. The van der Waals surface area contributed by atoms with Crippen LogP contribution in [0.1, 0.15) is 26.3 Å². The molecule has 0 saturated carbocycles. The molecular weight excluding hydrogens is 294 g/mol. The minimum atomic E-state index is -0.431. The van der Waals surface area contributed by atoms with Crippen LogP contribution in [-0.2, 0) is 6.54 Å². The molecular formula is C13H9N3O4S. The number of nitrogens with one attached hydrogen (secondary N) is 2. The number of nitrogens with zero attached hydrogens (tertiary/aromatic N) is 1. The molecule has 0 saturated heterocycles. The maximum absolute atomic E-state index is 11.5. The normalized spacial score (nSPS) is 13.0. The molecule has 7 nitrogen and oxygen atoms in total. The average Bonchev–Trinajstić information content (AvgIpc) is 3.03. The van der Waals surface area contributed by atoms with Crippen LogP contribution in [0, 0.1) is 10.1 Å². The van der Waals surface area contributed by atoms with Crippen molar-refractivity contribution in [2.75, 3.05) is 5.32 Å². The van der Waals surface area contributed by atoms with E-state index in [0.29, 0.717) is 23.4 Å². The maximum Gasteiger partial charge on any atom is 0.324 e. The van der Waals surface area contributed by atoms with Crippen molar-refractivity contribution in [3.63, 3.8) is 0 Å². The molecule has 8 heteroatoms. The summed E-state index contributed by atoms with van der Waals surface area (Å²) in [6.45, 7) is 0.401. The Morgan fingerprint density at radius 2 is 1.95 bits per heavy atom. The SMILES string of the molecule is O=C1NC(=O)c2cc(NCc3csc([N+](=O)[O-])c3)ccc21. The van der Waals surface area contributed by atoms with Gasteiger partial charge in [0.05, 0.1) is 16.1 Å². The molecule has 2 N–H and O–H groups in total. The minimum absolute atomic E-state index is 0.0886. The number of fused-ring (bicyclic) bond motifs is 1. The molecule has 1 aromatic heterocycles. The van der Waals surface area contributed by atoms with Crippen molar-refractivity contribution >= 4 is 33.8 Å². The van der Waals surface area contributed by atoms with Crippen LogP contribution in [0.15, 0.2) is 29.6 Å². The molecule has 3 rings (SSSR count). The topological polar surface area (TPSA) is 101 Å². The van der Waals surface area contributed by atoms with Gasteiger partial charge in [-0.3, -0.25) is 25.0 Å². The Kier molecular flexibility index (Phi) is 3.15. The molecule has 1 aliphatic rings. The zero-order valence-electron chi connectivity index (χ0n) is 10.6. The summed E-state index contributed by atoms with van der Waals surface area (Å²) in [5.74, 6) is -0.806. The molecule has 0 spiro atoms. The summed E-state index contributed by atoms with van der Waals surface area (Å²) < 4.78 is 0. The number of hydrogen-bond acceptors (Lipinski definition) is 6. The van der Waals surface area contributed by atoms with Crippen molar-refractivity contribution in [3.8, 4) is 0 Å². The van der Waals surface area contributed by atoms with Gasteiger partial charge in [-0.1, -0.05) is 11.3 Å². The molecule has 0 radical (unpaired) electrons. The van der Waals surface area contributed by atoms with Gasteiger partial charge in [0.15, 0.2) is 0 Å². The Bertz CT molecular complexity index is 769. The van der Waals surface area contributed by atoms with Crippen LogP contribution in [-0.4, -0.2) is 16.7 Å². The molecule has 0 fully saturated rings. The van der Waals surface area contributed by atoms with Crippen molar-refractivity contribution in [2.45, 2.75) is 6.54 Å². The standard InChI is InChI=1S/C13H9N3O4S/c17-12-9-2-1-8(4-10(9)13(18)15-12)14-5-7-3-11(16(19)20)21-6-7/h1-4,6,14H,5H2,(H,15,17,18). The first kappa shape index (κ1) is 13.3. The van der Waals surface area contributed by atoms with Crippen LogP contribution in [0.25, 0.3) is 0 Å². The van der Waals surface area contributed by atoms with E-state index in [1.165, 1.54) is 6.07 Å². The number of carbonyl (C=O) groups excluding carboxylic acids is 2. The Morgan fingerprint density at radius 1 is 1.19 bits per heavy atom. The highest BCUT2D eigenvalue weighted by Crippen LogP contribution is 2.24. The first-order valence-corrected chi connectivity index (χ1v) is 6.88. The Labute approximate surface area is 122 Å². The summed E-state index contributed by atoms with van der Waals surface area (Å²) in [6, 6.07) is 6.36. The smallest absolute Gasteiger partial charge is 0.324 e. The van der Waals surface area contributed by atoms with Gasteiger partial charge in [-0.25, -0.2) is 0 Å². The van der Waals surface area contributed by atoms with Gasteiger partial charge in [-0.15, -0.1) is 0 Å². The molecule has 0 aliphatic carbocycles. The number of amides is 2. The van der Waals surface area contributed by atoms with Crippen LogP contribution in [0.4, 0.5) is 10.7 Å². The van der Waals surface area contributed by atoms with Crippen molar-refractivity contribution in [2.24, 2.45) is 0 Å². The molecule has 2 heterocycles. The molecule has 1 aromatic carbocycles. The number of anilines is 1. The van der Waals surface area contributed by atoms with Crippen molar-refractivity contribution in [1.29, 1.82) is 0 Å². The first-order valence-electron chi connectivity index (χ1n) is 6.00. The lowest BCUT2D eigenvalue weighted by Crippen LogP contribution is -2.19. The highest BCUT2D eigenvalue weighted by molar-refractivity contribution is 7.13. The second-order valence-electron chi connectivity index (χ2n) is 4.45. The summed E-state index contributed by atoms with van der Waals surface area (Å²) in [7, 11) is 0. The van der Waals surface area contributed by atoms with Crippen LogP contribution in [0.3, 0.4) is 0 Å². The lowest BCUT2D eigenvalue weighted by atomic mass is 10.1. The number of benzene rings is 1. The quantitative estimate of drug-likeness (QED) is 0.512. The zero-order valence-corrected chi connectivity index (χ0v) is 11.4. The summed E-state index contributed by atoms with van der Waals surface area (Å²) >= 11 is 1.07. The number of nitro groups is 1. The van der Waals surface area contributed by atoms with E-state index in [0.717, 1.165) is 16.9 Å². The predicted octanol–water partition coefficient (Wildman–Crippen LogP) is 2.15. The number of hydrogen-bond donors (Lipinski definition) is 2. The predicted molar refractivity (Wildman–Crippen MR) is 76.5 cm³/mol. The van der Waals surface area contributed by atoms with Gasteiger partial charge >= 0.3 is 5.00 Å². The second-order valence-corrected chi connectivity index (χ2v) is 5.34. The van der Waals surface area contributed by atoms with E-state index in [1.54, 1.807) is 23.6 Å². The number of imide groups is 1. The third-order valence-electron chi connectivity index (χ3n) is 3.05. The summed E-state index contributed by atoms with van der Waals surface area (Å²) in [6.07, 6.45) is 0. The fourth-order valence-electron chi connectivity index (χ4n) is 2.03. The van der Waals surface area contributed by atoms with Gasteiger partial charge in [-0.05, 0) is 23.8 Å². The van der Waals surface area contributed by atoms with Gasteiger partial charge in [-0.2, -0.15) is 0 Å². The summed E-state index contributed by atoms with van der Waals surface area (Å²) in [5.41, 5.74) is 2.15.